The van der Waals surface area contributed by atoms with E-state index in [1.54, 1.807) is 4.90 Å². The largest absolute Gasteiger partial charge is 0.373 e. The van der Waals surface area contributed by atoms with Crippen LogP contribution >= 0.6 is 0 Å². The first kappa shape index (κ1) is 22.6. The lowest BCUT2D eigenvalue weighted by molar-refractivity contribution is -0.138. The predicted molar refractivity (Wildman–Crippen MR) is 121 cm³/mol. The molecule has 2 fully saturated rings. The van der Waals surface area contributed by atoms with E-state index in [1.807, 2.05) is 20.2 Å². The van der Waals surface area contributed by atoms with Crippen LogP contribution < -0.4 is 10.6 Å². The molecule has 2 N–H and O–H groups in total. The summed E-state index contributed by atoms with van der Waals surface area (Å²) in [6, 6.07) is 10.5. The third kappa shape index (κ3) is 5.54. The van der Waals surface area contributed by atoms with Gasteiger partial charge in [0, 0.05) is 39.7 Å². The molecule has 2 atom stereocenters. The summed E-state index contributed by atoms with van der Waals surface area (Å²) in [5.74, 6) is 1.41. The Hall–Kier alpha value is -2.08. The molecular weight excluding hydrogens is 376 g/mol. The van der Waals surface area contributed by atoms with Gasteiger partial charge in [-0.2, -0.15) is 0 Å². The van der Waals surface area contributed by atoms with Gasteiger partial charge in [-0.1, -0.05) is 43.2 Å². The highest BCUT2D eigenvalue weighted by Crippen LogP contribution is 2.40. The first-order valence-corrected chi connectivity index (χ1v) is 11.5. The Labute approximate surface area is 181 Å². The number of nitrogens with one attached hydrogen (secondary N) is 2. The van der Waals surface area contributed by atoms with Crippen molar-refractivity contribution in [1.29, 1.82) is 0 Å². The van der Waals surface area contributed by atoms with E-state index in [4.69, 9.17) is 9.73 Å². The van der Waals surface area contributed by atoms with Gasteiger partial charge in [-0.3, -0.25) is 9.79 Å². The molecular formula is C24H38N4O2. The Bertz CT molecular complexity index is 698. The summed E-state index contributed by atoms with van der Waals surface area (Å²) in [6.07, 6.45) is 6.42. The maximum atomic E-state index is 12.8. The highest BCUT2D eigenvalue weighted by atomic mass is 16.5. The molecule has 0 aromatic heterocycles. The predicted octanol–water partition coefficient (Wildman–Crippen LogP) is 3.36. The number of benzene rings is 1. The van der Waals surface area contributed by atoms with Crippen molar-refractivity contribution in [1.82, 2.24) is 15.5 Å². The quantitative estimate of drug-likeness (QED) is 0.530. The van der Waals surface area contributed by atoms with E-state index < -0.39 is 0 Å². The summed E-state index contributed by atoms with van der Waals surface area (Å²) >= 11 is 0. The van der Waals surface area contributed by atoms with Crippen molar-refractivity contribution in [3.63, 3.8) is 0 Å². The summed E-state index contributed by atoms with van der Waals surface area (Å²) < 4.78 is 6.13. The first-order chi connectivity index (χ1) is 14.6. The number of hydrogen-bond donors (Lipinski definition) is 2. The van der Waals surface area contributed by atoms with E-state index in [-0.39, 0.29) is 17.4 Å². The van der Waals surface area contributed by atoms with Gasteiger partial charge in [-0.25, -0.2) is 0 Å². The normalized spacial score (nSPS) is 23.8. The molecule has 6 heteroatoms. The fourth-order valence-corrected chi connectivity index (χ4v) is 4.83. The van der Waals surface area contributed by atoms with Gasteiger partial charge in [-0.05, 0) is 38.2 Å². The van der Waals surface area contributed by atoms with Crippen LogP contribution in [-0.4, -0.2) is 57.1 Å². The van der Waals surface area contributed by atoms with Gasteiger partial charge in [0.25, 0.3) is 0 Å². The Morgan fingerprint density at radius 3 is 2.57 bits per heavy atom. The number of rotatable bonds is 7. The molecule has 1 heterocycles. The second kappa shape index (κ2) is 10.8. The van der Waals surface area contributed by atoms with Crippen molar-refractivity contribution in [2.24, 2.45) is 16.3 Å². The highest BCUT2D eigenvalue weighted by Gasteiger charge is 2.42. The summed E-state index contributed by atoms with van der Waals surface area (Å²) in [7, 11) is 3.70. The molecule has 1 aliphatic carbocycles. The van der Waals surface area contributed by atoms with Crippen LogP contribution in [0.2, 0.25) is 0 Å². The second-order valence-corrected chi connectivity index (χ2v) is 8.87. The van der Waals surface area contributed by atoms with Crippen molar-refractivity contribution < 1.29 is 9.53 Å². The van der Waals surface area contributed by atoms with Gasteiger partial charge in [0.15, 0.2) is 5.96 Å². The zero-order chi connectivity index (χ0) is 21.4. The molecule has 1 saturated heterocycles. The van der Waals surface area contributed by atoms with Gasteiger partial charge >= 0.3 is 0 Å². The van der Waals surface area contributed by atoms with Crippen LogP contribution in [0, 0.1) is 11.3 Å². The average Bonchev–Trinajstić information content (AvgIpc) is 3.26. The highest BCUT2D eigenvalue weighted by molar-refractivity contribution is 5.84. The van der Waals surface area contributed by atoms with Crippen LogP contribution in [0.5, 0.6) is 0 Å². The SMILES string of the molecule is CCNC(=NCC1(C(=O)N(C)C)CCCC1)NCC1CCCOC1c1ccccc1. The van der Waals surface area contributed by atoms with Gasteiger partial charge < -0.3 is 20.3 Å². The Morgan fingerprint density at radius 2 is 1.90 bits per heavy atom. The van der Waals surface area contributed by atoms with Gasteiger partial charge in [-0.15, -0.1) is 0 Å². The van der Waals surface area contributed by atoms with E-state index in [2.05, 4.69) is 41.8 Å². The molecule has 0 spiro atoms. The van der Waals surface area contributed by atoms with Crippen LogP contribution in [0.25, 0.3) is 0 Å². The molecule has 30 heavy (non-hydrogen) atoms. The van der Waals surface area contributed by atoms with Crippen LogP contribution in [0.15, 0.2) is 35.3 Å². The lowest BCUT2D eigenvalue weighted by Crippen LogP contribution is -2.44. The first-order valence-electron chi connectivity index (χ1n) is 11.5. The van der Waals surface area contributed by atoms with E-state index in [9.17, 15) is 4.79 Å². The van der Waals surface area contributed by atoms with Crippen LogP contribution in [-0.2, 0) is 9.53 Å². The van der Waals surface area contributed by atoms with Crippen molar-refractivity contribution in [2.75, 3.05) is 40.3 Å². The zero-order valence-corrected chi connectivity index (χ0v) is 18.8. The summed E-state index contributed by atoms with van der Waals surface area (Å²) in [4.78, 5) is 19.4. The molecule has 2 unspecified atom stereocenters. The number of amides is 1. The molecule has 0 radical (unpaired) electrons. The summed E-state index contributed by atoms with van der Waals surface area (Å²) in [6.45, 7) is 5.04. The third-order valence-corrected chi connectivity index (χ3v) is 6.41. The van der Waals surface area contributed by atoms with E-state index in [0.717, 1.165) is 64.2 Å². The molecule has 2 aliphatic rings. The van der Waals surface area contributed by atoms with Gasteiger partial charge in [0.2, 0.25) is 5.91 Å². The Morgan fingerprint density at radius 1 is 1.17 bits per heavy atom. The third-order valence-electron chi connectivity index (χ3n) is 6.41. The standard InChI is InChI=1S/C24H38N4O2/c1-4-25-23(27-18-24(14-8-9-15-24)22(29)28(2)3)26-17-20-13-10-16-30-21(20)19-11-6-5-7-12-19/h5-7,11-12,20-21H,4,8-10,13-18H2,1-3H3,(H2,25,26,27). The fraction of sp³-hybridized carbons (Fsp3) is 0.667. The Kier molecular flexibility index (Phi) is 8.14. The lowest BCUT2D eigenvalue weighted by Gasteiger charge is -2.33. The number of carbonyl (C=O) groups is 1. The van der Waals surface area contributed by atoms with Gasteiger partial charge in [0.1, 0.15) is 0 Å². The topological polar surface area (TPSA) is 66.0 Å². The molecule has 1 aromatic rings. The van der Waals surface area contributed by atoms with Crippen LogP contribution in [0.1, 0.15) is 57.1 Å². The van der Waals surface area contributed by atoms with Crippen molar-refractivity contribution in [2.45, 2.75) is 51.6 Å². The molecule has 166 valence electrons. The molecule has 1 amide bonds. The molecule has 1 aromatic carbocycles. The molecule has 0 bridgehead atoms. The number of carbonyl (C=O) groups excluding carboxylic acids is 1. The lowest BCUT2D eigenvalue weighted by atomic mass is 9.85. The van der Waals surface area contributed by atoms with Crippen molar-refractivity contribution >= 4 is 11.9 Å². The minimum Gasteiger partial charge on any atom is -0.373 e. The minimum absolute atomic E-state index is 0.117. The molecule has 1 saturated carbocycles. The molecule has 3 rings (SSSR count). The maximum Gasteiger partial charge on any atom is 0.230 e. The monoisotopic (exact) mass is 414 g/mol. The summed E-state index contributed by atoms with van der Waals surface area (Å²) in [5.41, 5.74) is 0.902. The van der Waals surface area contributed by atoms with E-state index >= 15 is 0 Å². The van der Waals surface area contributed by atoms with Crippen molar-refractivity contribution in [3.8, 4) is 0 Å². The molecule has 1 aliphatic heterocycles. The minimum atomic E-state index is -0.341. The zero-order valence-electron chi connectivity index (χ0n) is 18.8. The molecule has 6 nitrogen and oxygen atoms in total. The fourth-order valence-electron chi connectivity index (χ4n) is 4.83. The van der Waals surface area contributed by atoms with Crippen LogP contribution in [0.3, 0.4) is 0 Å². The van der Waals surface area contributed by atoms with E-state index in [1.165, 1.54) is 5.56 Å². The second-order valence-electron chi connectivity index (χ2n) is 8.87. The smallest absolute Gasteiger partial charge is 0.230 e. The number of ether oxygens (including phenoxy) is 1. The maximum absolute atomic E-state index is 12.8. The van der Waals surface area contributed by atoms with Crippen LogP contribution in [0.4, 0.5) is 0 Å². The Balaban J connectivity index is 1.66. The number of hydrogen-bond acceptors (Lipinski definition) is 3. The summed E-state index contributed by atoms with van der Waals surface area (Å²) in [5, 5.41) is 6.89. The number of guanidine groups is 1. The van der Waals surface area contributed by atoms with Gasteiger partial charge in [0.05, 0.1) is 18.1 Å². The number of nitrogens with zero attached hydrogens (tertiary/aromatic N) is 2. The van der Waals surface area contributed by atoms with Crippen molar-refractivity contribution in [3.05, 3.63) is 35.9 Å². The number of aliphatic imine (C=N–C) groups is 1. The van der Waals surface area contributed by atoms with E-state index in [0.29, 0.717) is 12.5 Å². The average molecular weight is 415 g/mol.